The normalized spacial score (nSPS) is 8.20. The minimum Gasteiger partial charge on any atom is -0.872 e. The van der Waals surface area contributed by atoms with Crippen molar-refractivity contribution >= 4 is 46.7 Å². The molecule has 0 saturated heterocycles. The number of thiocarbonyl (C=S) groups is 1. The van der Waals surface area contributed by atoms with Gasteiger partial charge in [0.2, 0.25) is 0 Å². The number of rotatable bonds is 1. The second-order valence-electron chi connectivity index (χ2n) is 3.51. The molecule has 0 aliphatic carbocycles. The van der Waals surface area contributed by atoms with Crippen molar-refractivity contribution in [3.63, 3.8) is 0 Å². The number of carboxylic acids is 1. The van der Waals surface area contributed by atoms with Crippen LogP contribution in [0.4, 0.5) is 0 Å². The molecule has 0 aliphatic heterocycles. The van der Waals surface area contributed by atoms with Crippen LogP contribution in [0.25, 0.3) is 0 Å². The van der Waals surface area contributed by atoms with Gasteiger partial charge < -0.3 is 40.0 Å². The van der Waals surface area contributed by atoms with Gasteiger partial charge in [-0.05, 0) is 18.6 Å². The number of nitrogens with zero attached hydrogens (tertiary/aromatic N) is 1. The van der Waals surface area contributed by atoms with Gasteiger partial charge in [0.1, 0.15) is 0 Å². The average molecular weight is 352 g/mol. The number of carbonyl (C=O) groups is 1. The fourth-order valence-corrected chi connectivity index (χ4v) is 1.08. The molecular formula is C11H12ClNNa2O3S2. The summed E-state index contributed by atoms with van der Waals surface area (Å²) < 4.78 is 0.509. The number of hydrogen-bond donors (Lipinski definition) is 1. The van der Waals surface area contributed by atoms with E-state index in [-0.39, 0.29) is 64.7 Å². The van der Waals surface area contributed by atoms with Crippen LogP contribution < -0.4 is 64.2 Å². The van der Waals surface area contributed by atoms with Gasteiger partial charge in [-0.2, -0.15) is 0 Å². The fraction of sp³-hybridized carbons (Fsp3) is 0.273. The van der Waals surface area contributed by atoms with E-state index in [1.54, 1.807) is 4.90 Å². The molecule has 20 heavy (non-hydrogen) atoms. The maximum atomic E-state index is 11.0. The van der Waals surface area contributed by atoms with Crippen molar-refractivity contribution in [3.05, 3.63) is 28.3 Å². The van der Waals surface area contributed by atoms with Crippen LogP contribution in [0.1, 0.15) is 15.9 Å². The average Bonchev–Trinajstić information content (AvgIpc) is 2.24. The molecule has 1 rings (SSSR count). The van der Waals surface area contributed by atoms with Crippen molar-refractivity contribution in [2.75, 3.05) is 14.1 Å². The fourth-order valence-electron chi connectivity index (χ4n) is 0.927. The van der Waals surface area contributed by atoms with E-state index in [1.165, 1.54) is 13.0 Å². The third kappa shape index (κ3) is 9.02. The Morgan fingerprint density at radius 1 is 1.40 bits per heavy atom. The van der Waals surface area contributed by atoms with E-state index < -0.39 is 11.7 Å². The molecule has 0 unspecified atom stereocenters. The summed E-state index contributed by atoms with van der Waals surface area (Å²) in [5, 5.41) is 19.9. The Balaban J connectivity index is -0.000000316. The summed E-state index contributed by atoms with van der Waals surface area (Å²) in [6.45, 7) is 1.51. The molecule has 0 fully saturated rings. The molecule has 0 atom stereocenters. The number of carboxylic acid groups (broad SMARTS) is 1. The molecular weight excluding hydrogens is 340 g/mol. The van der Waals surface area contributed by atoms with Crippen LogP contribution in [0.15, 0.2) is 12.1 Å². The van der Waals surface area contributed by atoms with Crippen molar-refractivity contribution in [1.82, 2.24) is 4.90 Å². The zero-order valence-corrected chi connectivity index (χ0v) is 18.4. The topological polar surface area (TPSA) is 63.6 Å². The van der Waals surface area contributed by atoms with Crippen molar-refractivity contribution in [1.29, 1.82) is 0 Å². The van der Waals surface area contributed by atoms with Crippen molar-refractivity contribution in [2.45, 2.75) is 6.92 Å². The maximum absolute atomic E-state index is 11.0. The molecule has 0 amide bonds. The summed E-state index contributed by atoms with van der Waals surface area (Å²) >= 11 is 14.7. The zero-order valence-electron chi connectivity index (χ0n) is 12.1. The van der Waals surface area contributed by atoms with E-state index in [0.29, 0.717) is 14.9 Å². The number of benzene rings is 1. The molecule has 0 saturated carbocycles. The molecule has 0 aromatic heterocycles. The van der Waals surface area contributed by atoms with E-state index in [1.807, 2.05) is 14.1 Å². The predicted octanol–water partition coefficient (Wildman–Crippen LogP) is -4.19. The Labute approximate surface area is 178 Å². The Bertz CT molecular complexity index is 473. The third-order valence-corrected chi connectivity index (χ3v) is 3.08. The quantitative estimate of drug-likeness (QED) is 0.315. The molecule has 4 nitrogen and oxygen atoms in total. The Hall–Kier alpha value is 0.890. The first-order valence-electron chi connectivity index (χ1n) is 4.76. The smallest absolute Gasteiger partial charge is 0.872 e. The minimum absolute atomic E-state index is 0. The van der Waals surface area contributed by atoms with Gasteiger partial charge >= 0.3 is 65.1 Å². The van der Waals surface area contributed by atoms with Gasteiger partial charge in [-0.15, -0.1) is 0 Å². The van der Waals surface area contributed by atoms with Gasteiger partial charge in [-0.1, -0.05) is 27.7 Å². The van der Waals surface area contributed by atoms with E-state index in [0.717, 1.165) is 6.07 Å². The van der Waals surface area contributed by atoms with Crippen LogP contribution in [-0.2, 0) is 12.6 Å². The monoisotopic (exact) mass is 351 g/mol. The van der Waals surface area contributed by atoms with Crippen molar-refractivity contribution in [2.24, 2.45) is 0 Å². The first-order valence-corrected chi connectivity index (χ1v) is 5.95. The first kappa shape index (κ1) is 25.8. The molecule has 0 radical (unpaired) electrons. The molecule has 0 heterocycles. The van der Waals surface area contributed by atoms with Gasteiger partial charge in [-0.3, -0.25) is 0 Å². The van der Waals surface area contributed by atoms with Gasteiger partial charge in [0.15, 0.2) is 0 Å². The van der Waals surface area contributed by atoms with Crippen LogP contribution in [0, 0.1) is 6.92 Å². The van der Waals surface area contributed by atoms with E-state index in [9.17, 15) is 9.90 Å². The van der Waals surface area contributed by atoms with Gasteiger partial charge in [0.25, 0.3) is 0 Å². The molecule has 1 aromatic carbocycles. The predicted molar refractivity (Wildman–Crippen MR) is 76.2 cm³/mol. The summed E-state index contributed by atoms with van der Waals surface area (Å²) in [6, 6.07) is 2.55. The van der Waals surface area contributed by atoms with E-state index in [4.69, 9.17) is 16.7 Å². The molecule has 0 bridgehead atoms. The third-order valence-electron chi connectivity index (χ3n) is 1.94. The Kier molecular flexibility index (Phi) is 16.1. The molecule has 9 heteroatoms. The maximum Gasteiger partial charge on any atom is 1.00 e. The summed E-state index contributed by atoms with van der Waals surface area (Å²) in [4.78, 5) is 12.2. The summed E-state index contributed by atoms with van der Waals surface area (Å²) in [5.74, 6) is -1.75. The second-order valence-corrected chi connectivity index (χ2v) is 4.95. The standard InChI is InChI=1S/C8H7ClO3.C3H7NS2.2Na/c1-4-5(9)2-3-6(10)7(4)8(11)12;1-4(2)3(5)6;;/h2-3,10H,1H3,(H,11,12);1-2H3,(H,5,6);;/q;;2*+1/p-2. The van der Waals surface area contributed by atoms with Gasteiger partial charge in [-0.25, -0.2) is 4.79 Å². The Morgan fingerprint density at radius 3 is 2.05 bits per heavy atom. The SMILES string of the molecule is CN(C)C(=S)[S-].Cc1c(Cl)ccc([O-])c1C(=O)O.[Na+].[Na+]. The zero-order chi connectivity index (χ0) is 14.5. The number of hydrogen-bond acceptors (Lipinski definition) is 4. The second kappa shape index (κ2) is 12.4. The van der Waals surface area contributed by atoms with E-state index >= 15 is 0 Å². The summed E-state index contributed by atoms with van der Waals surface area (Å²) in [7, 11) is 3.66. The van der Waals surface area contributed by atoms with Crippen LogP contribution >= 0.6 is 23.8 Å². The number of aromatic carboxylic acids is 1. The summed E-state index contributed by atoms with van der Waals surface area (Å²) in [6.07, 6.45) is 0. The minimum atomic E-state index is -1.24. The number of halogens is 1. The van der Waals surface area contributed by atoms with E-state index in [2.05, 4.69) is 24.8 Å². The Morgan fingerprint density at radius 2 is 1.80 bits per heavy atom. The van der Waals surface area contributed by atoms with Crippen LogP contribution in [0.5, 0.6) is 5.75 Å². The largest absolute Gasteiger partial charge is 1.00 e. The molecule has 0 aliphatic rings. The summed E-state index contributed by atoms with van der Waals surface area (Å²) in [5.41, 5.74) is 0.0687. The van der Waals surface area contributed by atoms with Gasteiger partial charge in [0.05, 0.1) is 5.56 Å². The van der Waals surface area contributed by atoms with Crippen LogP contribution in [0.3, 0.4) is 0 Å². The van der Waals surface area contributed by atoms with Crippen molar-refractivity contribution in [3.8, 4) is 5.75 Å². The molecule has 1 aromatic rings. The molecule has 1 N–H and O–H groups in total. The van der Waals surface area contributed by atoms with Crippen molar-refractivity contribution < 1.29 is 74.1 Å². The molecule has 100 valence electrons. The van der Waals surface area contributed by atoms with Crippen LogP contribution in [0.2, 0.25) is 5.02 Å². The van der Waals surface area contributed by atoms with Crippen LogP contribution in [-0.4, -0.2) is 34.4 Å². The first-order chi connectivity index (χ1) is 8.18. The molecule has 0 spiro atoms. The van der Waals surface area contributed by atoms with Gasteiger partial charge in [0, 0.05) is 19.1 Å².